The largest absolute Gasteiger partial charge is 0.495 e. The van der Waals surface area contributed by atoms with Gasteiger partial charge in [-0.05, 0) is 6.07 Å². The van der Waals surface area contributed by atoms with Crippen LogP contribution in [0.1, 0.15) is 5.82 Å². The van der Waals surface area contributed by atoms with E-state index >= 15 is 0 Å². The molecule has 0 amide bonds. The van der Waals surface area contributed by atoms with Crippen LogP contribution in [-0.2, 0) is 16.6 Å². The summed E-state index contributed by atoms with van der Waals surface area (Å²) in [7, 11) is -1.08. The highest BCUT2D eigenvalue weighted by atomic mass is 32.2. The van der Waals surface area contributed by atoms with Crippen LogP contribution in [-0.4, -0.2) is 32.8 Å². The minimum atomic E-state index is -3.86. The summed E-state index contributed by atoms with van der Waals surface area (Å²) in [4.78, 5) is 3.62. The molecule has 0 bridgehead atoms. The zero-order valence-corrected chi connectivity index (χ0v) is 12.2. The second-order valence-corrected chi connectivity index (χ2v) is 5.65. The lowest BCUT2D eigenvalue weighted by atomic mass is 10.3. The van der Waals surface area contributed by atoms with Crippen LogP contribution in [0.25, 0.3) is 0 Å². The quantitative estimate of drug-likeness (QED) is 0.720. The Hall–Kier alpha value is -2.33. The van der Waals surface area contributed by atoms with Gasteiger partial charge in [0.1, 0.15) is 16.4 Å². The maximum Gasteiger partial charge on any atom is 0.244 e. The predicted molar refractivity (Wildman–Crippen MR) is 72.3 cm³/mol. The number of methoxy groups -OCH3 is 2. The summed E-state index contributed by atoms with van der Waals surface area (Å²) >= 11 is 0. The molecule has 0 fully saturated rings. The van der Waals surface area contributed by atoms with Gasteiger partial charge >= 0.3 is 0 Å². The van der Waals surface area contributed by atoms with Crippen molar-refractivity contribution in [3.63, 3.8) is 0 Å². The number of sulfonamides is 1. The van der Waals surface area contributed by atoms with E-state index in [0.29, 0.717) is 5.75 Å². The number of aromatic nitrogens is 2. The summed E-state index contributed by atoms with van der Waals surface area (Å²) in [5.41, 5.74) is 5.91. The van der Waals surface area contributed by atoms with Gasteiger partial charge in [0.25, 0.3) is 0 Å². The Kier molecular flexibility index (Phi) is 4.29. The smallest absolute Gasteiger partial charge is 0.244 e. The van der Waals surface area contributed by atoms with Crippen LogP contribution in [0.3, 0.4) is 0 Å². The van der Waals surface area contributed by atoms with Gasteiger partial charge in [0.2, 0.25) is 16.4 Å². The molecule has 0 unspecified atom stereocenters. The van der Waals surface area contributed by atoms with Gasteiger partial charge in [0, 0.05) is 6.07 Å². The fourth-order valence-corrected chi connectivity index (χ4v) is 2.77. The Morgan fingerprint density at radius 2 is 2.00 bits per heavy atom. The van der Waals surface area contributed by atoms with E-state index in [-0.39, 0.29) is 28.7 Å². The monoisotopic (exact) mass is 314 g/mol. The van der Waals surface area contributed by atoms with Gasteiger partial charge in [-0.25, -0.2) is 13.1 Å². The van der Waals surface area contributed by atoms with E-state index in [1.165, 1.54) is 26.4 Å². The van der Waals surface area contributed by atoms with Gasteiger partial charge in [-0.2, -0.15) is 4.98 Å². The van der Waals surface area contributed by atoms with Crippen molar-refractivity contribution in [2.45, 2.75) is 11.4 Å². The van der Waals surface area contributed by atoms with Crippen molar-refractivity contribution in [1.29, 1.82) is 0 Å². The first-order valence-corrected chi connectivity index (χ1v) is 7.22. The third kappa shape index (κ3) is 3.23. The summed E-state index contributed by atoms with van der Waals surface area (Å²) in [5, 5.41) is 3.51. The molecule has 1 aromatic carbocycles. The minimum absolute atomic E-state index is 0.105. The average molecular weight is 314 g/mol. The number of benzene rings is 1. The number of ether oxygens (including phenoxy) is 2. The van der Waals surface area contributed by atoms with E-state index in [2.05, 4.69) is 19.4 Å². The minimum Gasteiger partial charge on any atom is -0.495 e. The Labute approximate surface area is 121 Å². The molecule has 0 aliphatic rings. The van der Waals surface area contributed by atoms with Crippen molar-refractivity contribution in [1.82, 2.24) is 14.9 Å². The van der Waals surface area contributed by atoms with Gasteiger partial charge in [-0.15, -0.1) is 0 Å². The number of nitrogens with one attached hydrogen (secondary N) is 1. The predicted octanol–water partition coefficient (Wildman–Crippen LogP) is 0.147. The fraction of sp³-hybridized carbons (Fsp3) is 0.273. The molecule has 2 aromatic rings. The molecule has 3 N–H and O–H groups in total. The van der Waals surface area contributed by atoms with E-state index in [0.717, 1.165) is 6.39 Å². The van der Waals surface area contributed by atoms with Crippen molar-refractivity contribution < 1.29 is 22.4 Å². The highest BCUT2D eigenvalue weighted by Gasteiger charge is 2.22. The molecule has 0 radical (unpaired) electrons. The van der Waals surface area contributed by atoms with E-state index in [1.807, 2.05) is 0 Å². The zero-order chi connectivity index (χ0) is 15.5. The molecule has 1 aromatic heterocycles. The lowest BCUT2D eigenvalue weighted by Gasteiger charge is -2.13. The molecular weight excluding hydrogens is 300 g/mol. The van der Waals surface area contributed by atoms with Gasteiger partial charge in [0.05, 0.1) is 26.5 Å². The molecule has 9 nitrogen and oxygen atoms in total. The van der Waals surface area contributed by atoms with Gasteiger partial charge in [-0.3, -0.25) is 0 Å². The fourth-order valence-electron chi connectivity index (χ4n) is 1.61. The molecule has 0 spiro atoms. The number of nitrogens with two attached hydrogens (primary N) is 1. The van der Waals surface area contributed by atoms with Crippen molar-refractivity contribution >= 4 is 15.7 Å². The normalized spacial score (nSPS) is 11.3. The maximum atomic E-state index is 12.3. The Morgan fingerprint density at radius 3 is 2.57 bits per heavy atom. The Bertz CT molecular complexity index is 714. The topological polar surface area (TPSA) is 130 Å². The van der Waals surface area contributed by atoms with Crippen molar-refractivity contribution in [2.75, 3.05) is 20.0 Å². The van der Waals surface area contributed by atoms with Gasteiger partial charge in [0.15, 0.2) is 5.82 Å². The molecule has 0 aliphatic carbocycles. The first kappa shape index (κ1) is 15.1. The SMILES string of the molecule is COc1cc(OC)c(S(=O)(=O)NCc2ncon2)cc1N. The highest BCUT2D eigenvalue weighted by molar-refractivity contribution is 7.89. The third-order valence-corrected chi connectivity index (χ3v) is 4.06. The molecule has 0 atom stereocenters. The number of hydrogen-bond donors (Lipinski definition) is 2. The summed E-state index contributed by atoms with van der Waals surface area (Å²) < 4.78 is 41.5. The summed E-state index contributed by atoms with van der Waals surface area (Å²) in [6.07, 6.45) is 1.11. The maximum absolute atomic E-state index is 12.3. The molecule has 114 valence electrons. The number of nitrogen functional groups attached to an aromatic ring is 1. The lowest BCUT2D eigenvalue weighted by Crippen LogP contribution is -2.24. The molecule has 0 saturated heterocycles. The first-order chi connectivity index (χ1) is 9.97. The molecular formula is C11H14N4O5S. The van der Waals surface area contributed by atoms with Gasteiger partial charge in [-0.1, -0.05) is 5.16 Å². The highest BCUT2D eigenvalue weighted by Crippen LogP contribution is 2.33. The lowest BCUT2D eigenvalue weighted by molar-refractivity contribution is 0.387. The Balaban J connectivity index is 2.32. The van der Waals surface area contributed by atoms with E-state index in [9.17, 15) is 8.42 Å². The van der Waals surface area contributed by atoms with Crippen LogP contribution in [0.4, 0.5) is 5.69 Å². The molecule has 10 heteroatoms. The molecule has 1 heterocycles. The second kappa shape index (κ2) is 5.97. The third-order valence-electron chi connectivity index (χ3n) is 2.63. The van der Waals surface area contributed by atoms with E-state index < -0.39 is 10.0 Å². The summed E-state index contributed by atoms with van der Waals surface area (Å²) in [6.45, 7) is -0.117. The summed E-state index contributed by atoms with van der Waals surface area (Å²) in [5.74, 6) is 0.643. The standard InChI is InChI=1S/C11H14N4O5S/c1-18-8-4-9(19-2)10(3-7(8)12)21(16,17)14-5-11-13-6-20-15-11/h3-4,6,14H,5,12H2,1-2H3. The van der Waals surface area contributed by atoms with E-state index in [1.54, 1.807) is 0 Å². The van der Waals surface area contributed by atoms with Crippen LogP contribution in [0.2, 0.25) is 0 Å². The first-order valence-electron chi connectivity index (χ1n) is 5.74. The molecule has 0 saturated carbocycles. The van der Waals surface area contributed by atoms with Crippen LogP contribution in [0, 0.1) is 0 Å². The van der Waals surface area contributed by atoms with Gasteiger partial charge < -0.3 is 19.7 Å². The number of rotatable bonds is 6. The molecule has 0 aliphatic heterocycles. The van der Waals surface area contributed by atoms with Crippen LogP contribution in [0.5, 0.6) is 11.5 Å². The van der Waals surface area contributed by atoms with Crippen molar-refractivity contribution in [3.05, 3.63) is 24.4 Å². The zero-order valence-electron chi connectivity index (χ0n) is 11.4. The van der Waals surface area contributed by atoms with Crippen LogP contribution >= 0.6 is 0 Å². The van der Waals surface area contributed by atoms with Crippen LogP contribution < -0.4 is 19.9 Å². The average Bonchev–Trinajstić information content (AvgIpc) is 2.98. The number of hydrogen-bond acceptors (Lipinski definition) is 8. The second-order valence-electron chi connectivity index (χ2n) is 3.92. The van der Waals surface area contributed by atoms with Crippen molar-refractivity contribution in [3.8, 4) is 11.5 Å². The number of nitrogens with zero attached hydrogens (tertiary/aromatic N) is 2. The molecule has 21 heavy (non-hydrogen) atoms. The molecule has 2 rings (SSSR count). The van der Waals surface area contributed by atoms with Crippen LogP contribution in [0.15, 0.2) is 27.9 Å². The Morgan fingerprint density at radius 1 is 1.29 bits per heavy atom. The number of anilines is 1. The summed E-state index contributed by atoms with van der Waals surface area (Å²) in [6, 6.07) is 2.66. The van der Waals surface area contributed by atoms with E-state index in [4.69, 9.17) is 15.2 Å². The van der Waals surface area contributed by atoms with Crippen molar-refractivity contribution in [2.24, 2.45) is 0 Å².